The fourth-order valence-corrected chi connectivity index (χ4v) is 10.0. The molecule has 0 bridgehead atoms. The van der Waals surface area contributed by atoms with Crippen molar-refractivity contribution < 1.29 is 28.9 Å². The number of carbonyl (C=O) groups excluding carboxylic acids is 2. The van der Waals surface area contributed by atoms with Crippen LogP contribution in [-0.2, 0) is 23.8 Å². The molecule has 0 radical (unpaired) electrons. The van der Waals surface area contributed by atoms with Crippen LogP contribution in [0.3, 0.4) is 0 Å². The SMILES string of the molecule is CC(=O)O[C@@H]1C[C@@]2(O)[C@@H]3CC[C@@H]4C[C@H](N5CCOCC5)CC[C@@]4(C)[C@@H]3CC[C@]2(C)[C@H]1C1=CC(=O)OC1. The van der Waals surface area contributed by atoms with Crippen LogP contribution in [0.4, 0.5) is 0 Å². The first-order chi connectivity index (χ1) is 17.2. The Morgan fingerprint density at radius 1 is 1.11 bits per heavy atom. The van der Waals surface area contributed by atoms with Crippen LogP contribution in [0.25, 0.3) is 0 Å². The topological polar surface area (TPSA) is 85.3 Å². The molecule has 1 saturated heterocycles. The highest BCUT2D eigenvalue weighted by atomic mass is 16.5. The molecule has 6 rings (SSSR count). The van der Waals surface area contributed by atoms with E-state index in [0.29, 0.717) is 24.3 Å². The van der Waals surface area contributed by atoms with Crippen molar-refractivity contribution in [3.8, 4) is 0 Å². The number of morpholine rings is 1. The molecular weight excluding hydrogens is 458 g/mol. The molecule has 4 aliphatic carbocycles. The third kappa shape index (κ3) is 3.63. The molecule has 0 amide bonds. The minimum absolute atomic E-state index is 0.179. The molecule has 9 atom stereocenters. The maximum atomic E-state index is 12.6. The number of ether oxygens (including phenoxy) is 3. The van der Waals surface area contributed by atoms with Crippen LogP contribution in [-0.4, -0.2) is 72.6 Å². The number of hydrogen-bond acceptors (Lipinski definition) is 7. The molecule has 0 aromatic rings. The Labute approximate surface area is 214 Å². The smallest absolute Gasteiger partial charge is 0.331 e. The van der Waals surface area contributed by atoms with Crippen molar-refractivity contribution in [1.82, 2.24) is 4.90 Å². The lowest BCUT2D eigenvalue weighted by Crippen LogP contribution is -2.63. The molecule has 6 aliphatic rings. The van der Waals surface area contributed by atoms with Gasteiger partial charge in [0.25, 0.3) is 0 Å². The van der Waals surface area contributed by atoms with Gasteiger partial charge in [-0.1, -0.05) is 13.8 Å². The zero-order valence-electron chi connectivity index (χ0n) is 22.2. The van der Waals surface area contributed by atoms with Gasteiger partial charge in [-0.15, -0.1) is 0 Å². The Hall–Kier alpha value is -1.44. The Morgan fingerprint density at radius 2 is 1.89 bits per heavy atom. The molecule has 0 aromatic heterocycles. The van der Waals surface area contributed by atoms with Crippen LogP contribution in [0.5, 0.6) is 0 Å². The predicted molar refractivity (Wildman–Crippen MR) is 133 cm³/mol. The quantitative estimate of drug-likeness (QED) is 0.593. The average Bonchev–Trinajstić information content (AvgIpc) is 3.36. The number of hydrogen-bond donors (Lipinski definition) is 1. The Morgan fingerprint density at radius 3 is 2.58 bits per heavy atom. The van der Waals surface area contributed by atoms with E-state index >= 15 is 0 Å². The first kappa shape index (κ1) is 24.9. The fraction of sp³-hybridized carbons (Fsp3) is 0.862. The van der Waals surface area contributed by atoms with Crippen LogP contribution in [0.15, 0.2) is 11.6 Å². The predicted octanol–water partition coefficient (Wildman–Crippen LogP) is 3.49. The van der Waals surface area contributed by atoms with Gasteiger partial charge in [0.05, 0.1) is 18.8 Å². The van der Waals surface area contributed by atoms with Crippen molar-refractivity contribution in [2.24, 2.45) is 34.5 Å². The van der Waals surface area contributed by atoms with E-state index in [2.05, 4.69) is 18.7 Å². The number of cyclic esters (lactones) is 1. The van der Waals surface area contributed by atoms with Gasteiger partial charge >= 0.3 is 11.9 Å². The van der Waals surface area contributed by atoms with Crippen LogP contribution >= 0.6 is 0 Å². The summed E-state index contributed by atoms with van der Waals surface area (Å²) in [6, 6.07) is 0.663. The van der Waals surface area contributed by atoms with Gasteiger partial charge in [-0.25, -0.2) is 4.79 Å². The Bertz CT molecular complexity index is 944. The van der Waals surface area contributed by atoms with Gasteiger partial charge in [0.1, 0.15) is 12.7 Å². The molecule has 200 valence electrons. The highest BCUT2D eigenvalue weighted by Gasteiger charge is 2.71. The molecule has 2 heterocycles. The molecule has 4 saturated carbocycles. The lowest BCUT2D eigenvalue weighted by atomic mass is 9.43. The van der Waals surface area contributed by atoms with Crippen molar-refractivity contribution in [2.75, 3.05) is 32.9 Å². The molecule has 0 spiro atoms. The van der Waals surface area contributed by atoms with Crippen molar-refractivity contribution in [2.45, 2.75) is 89.9 Å². The number of nitrogens with zero attached hydrogens (tertiary/aromatic N) is 1. The van der Waals surface area contributed by atoms with Gasteiger partial charge in [0.15, 0.2) is 0 Å². The van der Waals surface area contributed by atoms with Crippen LogP contribution < -0.4 is 0 Å². The molecule has 7 heteroatoms. The number of fused-ring (bicyclic) bond motifs is 5. The minimum atomic E-state index is -0.914. The highest BCUT2D eigenvalue weighted by molar-refractivity contribution is 5.85. The summed E-state index contributed by atoms with van der Waals surface area (Å²) in [4.78, 5) is 26.7. The largest absolute Gasteiger partial charge is 0.462 e. The summed E-state index contributed by atoms with van der Waals surface area (Å²) >= 11 is 0. The maximum Gasteiger partial charge on any atom is 0.331 e. The molecule has 36 heavy (non-hydrogen) atoms. The third-order valence-corrected chi connectivity index (χ3v) is 11.8. The molecule has 0 unspecified atom stereocenters. The summed E-state index contributed by atoms with van der Waals surface area (Å²) < 4.78 is 16.7. The zero-order chi connectivity index (χ0) is 25.3. The lowest BCUT2D eigenvalue weighted by molar-refractivity contribution is -0.207. The van der Waals surface area contributed by atoms with Crippen LogP contribution in [0.1, 0.15) is 72.1 Å². The standard InChI is InChI=1S/C29H43NO6/c1-18(31)36-24-16-29(33)23-5-4-20-15-21(30-10-12-34-13-11-30)6-8-27(20,2)22(23)7-9-28(29,3)26(24)19-14-25(32)35-17-19/h14,20-24,26,33H,4-13,15-17H2,1-3H3/t20-,21-,22-,23-,24-,26+,27-,28-,29-/m1/s1. The molecule has 5 fully saturated rings. The molecule has 2 aliphatic heterocycles. The molecule has 7 nitrogen and oxygen atoms in total. The van der Waals surface area contributed by atoms with Crippen molar-refractivity contribution >= 4 is 11.9 Å². The van der Waals surface area contributed by atoms with E-state index in [-0.39, 0.29) is 35.8 Å². The monoisotopic (exact) mass is 501 g/mol. The highest BCUT2D eigenvalue weighted by Crippen LogP contribution is 2.70. The second-order valence-corrected chi connectivity index (χ2v) is 13.1. The summed E-state index contributed by atoms with van der Waals surface area (Å²) in [5.41, 5.74) is -0.234. The number of esters is 2. The Balaban J connectivity index is 1.28. The van der Waals surface area contributed by atoms with Gasteiger partial charge in [-0.3, -0.25) is 9.69 Å². The molecule has 0 aromatic carbocycles. The van der Waals surface area contributed by atoms with Gasteiger partial charge in [-0.05, 0) is 73.7 Å². The number of rotatable bonds is 3. The van der Waals surface area contributed by atoms with E-state index in [1.54, 1.807) is 6.08 Å². The van der Waals surface area contributed by atoms with Gasteiger partial charge in [-0.2, -0.15) is 0 Å². The second-order valence-electron chi connectivity index (χ2n) is 13.1. The second kappa shape index (κ2) is 8.81. The van der Waals surface area contributed by atoms with Gasteiger partial charge in [0, 0.05) is 49.9 Å². The first-order valence-electron chi connectivity index (χ1n) is 14.2. The summed E-state index contributed by atoms with van der Waals surface area (Å²) in [5, 5.41) is 12.6. The molecular formula is C29H43NO6. The van der Waals surface area contributed by atoms with E-state index in [1.165, 1.54) is 26.2 Å². The van der Waals surface area contributed by atoms with Crippen molar-refractivity contribution in [1.29, 1.82) is 0 Å². The van der Waals surface area contributed by atoms with E-state index in [1.807, 2.05) is 0 Å². The lowest BCUT2D eigenvalue weighted by Gasteiger charge is -2.64. The number of aliphatic hydroxyl groups is 1. The average molecular weight is 502 g/mol. The van der Waals surface area contributed by atoms with E-state index in [9.17, 15) is 14.7 Å². The summed E-state index contributed by atoms with van der Waals surface area (Å²) in [6.07, 6.45) is 9.49. The number of carbonyl (C=O) groups is 2. The summed E-state index contributed by atoms with van der Waals surface area (Å²) in [6.45, 7) is 10.2. The molecule has 1 N–H and O–H groups in total. The van der Waals surface area contributed by atoms with Gasteiger partial charge < -0.3 is 19.3 Å². The van der Waals surface area contributed by atoms with E-state index < -0.39 is 17.1 Å². The maximum absolute atomic E-state index is 12.6. The van der Waals surface area contributed by atoms with Crippen molar-refractivity contribution in [3.05, 3.63) is 11.6 Å². The summed E-state index contributed by atoms with van der Waals surface area (Å²) in [5.74, 6) is 0.533. The van der Waals surface area contributed by atoms with Crippen LogP contribution in [0, 0.1) is 34.5 Å². The van der Waals surface area contributed by atoms with E-state index in [4.69, 9.17) is 14.2 Å². The van der Waals surface area contributed by atoms with E-state index in [0.717, 1.165) is 57.6 Å². The first-order valence-corrected chi connectivity index (χ1v) is 14.2. The van der Waals surface area contributed by atoms with Gasteiger partial charge in [0.2, 0.25) is 0 Å². The third-order valence-electron chi connectivity index (χ3n) is 11.8. The minimum Gasteiger partial charge on any atom is -0.462 e. The normalized spacial score (nSPS) is 48.9. The Kier molecular flexibility index (Phi) is 6.08. The zero-order valence-corrected chi connectivity index (χ0v) is 22.2. The van der Waals surface area contributed by atoms with Crippen LogP contribution in [0.2, 0.25) is 0 Å². The fourth-order valence-electron chi connectivity index (χ4n) is 10.0. The van der Waals surface area contributed by atoms with Crippen molar-refractivity contribution in [3.63, 3.8) is 0 Å². The summed E-state index contributed by atoms with van der Waals surface area (Å²) in [7, 11) is 0.